The Morgan fingerprint density at radius 3 is 1.76 bits per heavy atom. The van der Waals surface area contributed by atoms with Crippen molar-refractivity contribution >= 4 is 56.3 Å². The topological polar surface area (TPSA) is 32.0 Å². The normalized spacial score (nSPS) is 13.0. The number of fused-ring (bicyclic) bond motifs is 5. The minimum Gasteiger partial charge on any atom is -0.328 e. The Hall–Kier alpha value is -6.27. The Labute approximate surface area is 266 Å². The maximum Gasteiger partial charge on any atom is 0.220 e. The molecule has 0 spiro atoms. The van der Waals surface area contributed by atoms with Crippen LogP contribution < -0.4 is 14.7 Å². The van der Waals surface area contributed by atoms with Gasteiger partial charge in [0.15, 0.2) is 0 Å². The van der Waals surface area contributed by atoms with E-state index in [0.29, 0.717) is 0 Å². The molecule has 0 bridgehead atoms. The van der Waals surface area contributed by atoms with Crippen molar-refractivity contribution in [1.29, 1.82) is 0 Å². The third kappa shape index (κ3) is 4.31. The van der Waals surface area contributed by atoms with Crippen molar-refractivity contribution in [3.63, 3.8) is 0 Å². The van der Waals surface area contributed by atoms with Crippen molar-refractivity contribution in [3.8, 4) is 5.69 Å². The van der Waals surface area contributed by atoms with E-state index in [9.17, 15) is 0 Å². The van der Waals surface area contributed by atoms with Crippen molar-refractivity contribution in [1.82, 2.24) is 14.0 Å². The Morgan fingerprint density at radius 1 is 0.457 bits per heavy atom. The molecule has 0 saturated carbocycles. The van der Waals surface area contributed by atoms with Gasteiger partial charge in [-0.2, -0.15) is 0 Å². The number of rotatable bonds is 6. The van der Waals surface area contributed by atoms with Gasteiger partial charge >= 0.3 is 0 Å². The van der Waals surface area contributed by atoms with Crippen LogP contribution in [0.3, 0.4) is 0 Å². The second-order valence-corrected chi connectivity index (χ2v) is 11.5. The van der Waals surface area contributed by atoms with E-state index in [1.165, 1.54) is 5.69 Å². The van der Waals surface area contributed by atoms with Gasteiger partial charge in [0.05, 0.1) is 34.4 Å². The van der Waals surface area contributed by atoms with Crippen LogP contribution in [0, 0.1) is 0 Å². The van der Waals surface area contributed by atoms with Gasteiger partial charge in [0, 0.05) is 40.8 Å². The van der Waals surface area contributed by atoms with E-state index in [1.807, 2.05) is 6.07 Å². The summed E-state index contributed by atoms with van der Waals surface area (Å²) in [5.74, 6) is 0.900. The van der Waals surface area contributed by atoms with Gasteiger partial charge in [0.25, 0.3) is 0 Å². The van der Waals surface area contributed by atoms with Gasteiger partial charge < -0.3 is 14.7 Å². The Kier molecular flexibility index (Phi) is 6.09. The van der Waals surface area contributed by atoms with Crippen LogP contribution in [0.15, 0.2) is 170 Å². The van der Waals surface area contributed by atoms with Crippen LogP contribution >= 0.6 is 0 Å². The third-order valence-corrected chi connectivity index (χ3v) is 8.71. The van der Waals surface area contributed by atoms with Crippen LogP contribution in [0.2, 0.25) is 0 Å². The molecule has 2 aromatic heterocycles. The molecule has 6 heteroatoms. The first-order valence-electron chi connectivity index (χ1n) is 15.5. The Morgan fingerprint density at radius 2 is 1.00 bits per heavy atom. The molecular weight excluding hydrogens is 564 g/mol. The molecule has 6 aromatic carbocycles. The van der Waals surface area contributed by atoms with Crippen molar-refractivity contribution in [2.24, 2.45) is 0 Å². The van der Waals surface area contributed by atoms with Crippen molar-refractivity contribution in [2.75, 3.05) is 21.4 Å². The van der Waals surface area contributed by atoms with E-state index in [2.05, 4.69) is 188 Å². The van der Waals surface area contributed by atoms with Gasteiger partial charge in [-0.05, 0) is 84.9 Å². The molecule has 8 aromatic rings. The molecular formula is C40H30N6. The summed E-state index contributed by atoms with van der Waals surface area (Å²) >= 11 is 0. The molecule has 0 fully saturated rings. The number of benzene rings is 6. The molecule has 0 saturated heterocycles. The first kappa shape index (κ1) is 26.2. The van der Waals surface area contributed by atoms with Gasteiger partial charge in [-0.25, -0.2) is 4.98 Å². The van der Waals surface area contributed by atoms with Crippen molar-refractivity contribution in [3.05, 3.63) is 170 Å². The molecule has 0 amide bonds. The fourth-order valence-electron chi connectivity index (χ4n) is 6.59. The molecule has 0 N–H and O–H groups in total. The van der Waals surface area contributed by atoms with E-state index in [1.54, 1.807) is 0 Å². The van der Waals surface area contributed by atoms with E-state index < -0.39 is 0 Å². The van der Waals surface area contributed by atoms with Crippen LogP contribution in [0.5, 0.6) is 0 Å². The molecule has 46 heavy (non-hydrogen) atoms. The van der Waals surface area contributed by atoms with Crippen molar-refractivity contribution < 1.29 is 0 Å². The van der Waals surface area contributed by atoms with E-state index >= 15 is 0 Å². The van der Waals surface area contributed by atoms with Gasteiger partial charge in [-0.3, -0.25) is 8.97 Å². The van der Waals surface area contributed by atoms with Crippen LogP contribution in [0.25, 0.3) is 33.5 Å². The van der Waals surface area contributed by atoms with Crippen LogP contribution in [-0.4, -0.2) is 20.6 Å². The summed E-state index contributed by atoms with van der Waals surface area (Å²) in [5.41, 5.74) is 10.9. The summed E-state index contributed by atoms with van der Waals surface area (Å²) in [6.45, 7) is 0.754. The van der Waals surface area contributed by atoms with Gasteiger partial charge in [0.2, 0.25) is 5.78 Å². The lowest BCUT2D eigenvalue weighted by atomic mass is 10.1. The largest absolute Gasteiger partial charge is 0.328 e. The first-order valence-corrected chi connectivity index (χ1v) is 15.5. The predicted molar refractivity (Wildman–Crippen MR) is 190 cm³/mol. The molecule has 0 aliphatic carbocycles. The average molecular weight is 595 g/mol. The van der Waals surface area contributed by atoms with E-state index in [-0.39, 0.29) is 0 Å². The van der Waals surface area contributed by atoms with Gasteiger partial charge in [-0.1, -0.05) is 72.8 Å². The molecule has 1 aliphatic rings. The zero-order valence-corrected chi connectivity index (χ0v) is 25.1. The predicted octanol–water partition coefficient (Wildman–Crippen LogP) is 9.66. The summed E-state index contributed by atoms with van der Waals surface area (Å²) in [5, 5.41) is 0. The third-order valence-electron chi connectivity index (χ3n) is 8.71. The molecule has 6 nitrogen and oxygen atoms in total. The SMILES string of the molecule is C1=CN(c2cccc(N(c3ccccc3)c3cccc(-n4c5ccccc5n5c6ccccc6nc45)c3)c2)CN1c1ccccc1. The molecule has 1 aliphatic heterocycles. The smallest absolute Gasteiger partial charge is 0.220 e. The molecule has 0 atom stereocenters. The number of anilines is 5. The average Bonchev–Trinajstić information content (AvgIpc) is 3.84. The first-order chi connectivity index (χ1) is 22.8. The highest BCUT2D eigenvalue weighted by atomic mass is 15.3. The van der Waals surface area contributed by atoms with Crippen LogP contribution in [0.1, 0.15) is 0 Å². The van der Waals surface area contributed by atoms with Gasteiger partial charge in [-0.15, -0.1) is 0 Å². The van der Waals surface area contributed by atoms with E-state index in [4.69, 9.17) is 4.98 Å². The minimum absolute atomic E-state index is 0.754. The Bertz CT molecular complexity index is 2370. The number of aromatic nitrogens is 3. The van der Waals surface area contributed by atoms with Crippen LogP contribution in [-0.2, 0) is 0 Å². The molecule has 0 unspecified atom stereocenters. The second-order valence-electron chi connectivity index (χ2n) is 11.5. The standard InChI is InChI=1S/C40H30N6/c1-3-13-30(14-4-1)42-25-26-43(29-42)32-17-11-18-33(27-32)44(31-15-5-2-6-16-31)34-19-12-20-35(28-34)45-38-23-9-10-24-39(38)46-37-22-8-7-21-36(37)41-40(45)46/h1-28H,29H2. The number of hydrogen-bond donors (Lipinski definition) is 0. The number of nitrogens with zero attached hydrogens (tertiary/aromatic N) is 6. The lowest BCUT2D eigenvalue weighted by Gasteiger charge is -2.28. The monoisotopic (exact) mass is 594 g/mol. The zero-order valence-electron chi connectivity index (χ0n) is 25.1. The van der Waals surface area contributed by atoms with Crippen molar-refractivity contribution in [2.45, 2.75) is 0 Å². The lowest BCUT2D eigenvalue weighted by Crippen LogP contribution is -2.24. The zero-order chi connectivity index (χ0) is 30.5. The fourth-order valence-corrected chi connectivity index (χ4v) is 6.59. The maximum atomic E-state index is 5.10. The van der Waals surface area contributed by atoms with Crippen LogP contribution in [0.4, 0.5) is 28.4 Å². The molecule has 0 radical (unpaired) electrons. The fraction of sp³-hybridized carbons (Fsp3) is 0.0250. The number of imidazole rings is 2. The van der Waals surface area contributed by atoms with E-state index in [0.717, 1.165) is 63.0 Å². The maximum absolute atomic E-state index is 5.10. The summed E-state index contributed by atoms with van der Waals surface area (Å²) in [6.07, 6.45) is 4.29. The molecule has 220 valence electrons. The summed E-state index contributed by atoms with van der Waals surface area (Å²) in [7, 11) is 0. The summed E-state index contributed by atoms with van der Waals surface area (Å²) in [6, 6.07) is 55.5. The number of hydrogen-bond acceptors (Lipinski definition) is 4. The number of para-hydroxylation sites is 6. The highest BCUT2D eigenvalue weighted by molar-refractivity contribution is 5.92. The molecule has 9 rings (SSSR count). The second kappa shape index (κ2) is 10.7. The van der Waals surface area contributed by atoms with Gasteiger partial charge in [0.1, 0.15) is 0 Å². The highest BCUT2D eigenvalue weighted by Crippen LogP contribution is 2.38. The Balaban J connectivity index is 1.16. The minimum atomic E-state index is 0.754. The summed E-state index contributed by atoms with van der Waals surface area (Å²) in [4.78, 5) is 12.0. The highest BCUT2D eigenvalue weighted by Gasteiger charge is 2.20. The molecule has 3 heterocycles. The summed E-state index contributed by atoms with van der Waals surface area (Å²) < 4.78 is 4.53. The quantitative estimate of drug-likeness (QED) is 0.192. The lowest BCUT2D eigenvalue weighted by molar-refractivity contribution is 0.975.